The van der Waals surface area contributed by atoms with Crippen molar-refractivity contribution in [1.29, 1.82) is 0 Å². The van der Waals surface area contributed by atoms with E-state index in [9.17, 15) is 4.79 Å². The first-order chi connectivity index (χ1) is 9.78. The lowest BCUT2D eigenvalue weighted by molar-refractivity contribution is -0.0348. The molecule has 6 nitrogen and oxygen atoms in total. The van der Waals surface area contributed by atoms with Crippen LogP contribution < -0.4 is 10.9 Å². The molecule has 3 rings (SSSR count). The third kappa shape index (κ3) is 2.77. The minimum Gasteiger partial charge on any atom is -0.374 e. The summed E-state index contributed by atoms with van der Waals surface area (Å²) in [6.07, 6.45) is 2.53. The molecule has 20 heavy (non-hydrogen) atoms. The Hall–Kier alpha value is -1.24. The average molecular weight is 278 g/mol. The normalized spacial score (nSPS) is 23.6. The molecule has 2 aliphatic heterocycles. The maximum atomic E-state index is 12.5. The summed E-state index contributed by atoms with van der Waals surface area (Å²) in [6, 6.07) is 0. The molecular weight excluding hydrogens is 256 g/mol. The number of nitrogens with one attached hydrogen (secondary N) is 1. The van der Waals surface area contributed by atoms with Crippen molar-refractivity contribution in [3.63, 3.8) is 0 Å². The topological polar surface area (TPSA) is 59.4 Å². The number of morpholine rings is 1. The monoisotopic (exact) mass is 278 g/mol. The van der Waals surface area contributed by atoms with Gasteiger partial charge in [-0.1, -0.05) is 6.92 Å². The highest BCUT2D eigenvalue weighted by molar-refractivity contribution is 5.19. The van der Waals surface area contributed by atoms with Crippen LogP contribution in [-0.4, -0.2) is 53.3 Å². The van der Waals surface area contributed by atoms with Gasteiger partial charge in [-0.05, 0) is 19.5 Å². The summed E-state index contributed by atoms with van der Waals surface area (Å²) in [5.74, 6) is 0. The molecule has 1 N–H and O–H groups in total. The lowest BCUT2D eigenvalue weighted by Crippen LogP contribution is -2.45. The highest BCUT2D eigenvalue weighted by Gasteiger charge is 2.21. The van der Waals surface area contributed by atoms with Crippen LogP contribution >= 0.6 is 0 Å². The molecule has 110 valence electrons. The Morgan fingerprint density at radius 1 is 1.55 bits per heavy atom. The molecule has 1 aromatic rings. The fourth-order valence-electron chi connectivity index (χ4n) is 2.92. The quantitative estimate of drug-likeness (QED) is 0.816. The largest absolute Gasteiger partial charge is 0.374 e. The van der Waals surface area contributed by atoms with Gasteiger partial charge < -0.3 is 10.1 Å². The summed E-state index contributed by atoms with van der Waals surface area (Å²) in [7, 11) is 0. The van der Waals surface area contributed by atoms with E-state index in [1.165, 1.54) is 0 Å². The van der Waals surface area contributed by atoms with E-state index >= 15 is 0 Å². The van der Waals surface area contributed by atoms with Gasteiger partial charge in [0.15, 0.2) is 0 Å². The number of aromatic nitrogens is 2. The summed E-state index contributed by atoms with van der Waals surface area (Å²) in [5, 5.41) is 3.24. The Morgan fingerprint density at radius 3 is 3.30 bits per heavy atom. The molecule has 1 atom stereocenters. The van der Waals surface area contributed by atoms with Gasteiger partial charge in [0, 0.05) is 25.2 Å². The number of ether oxygens (including phenoxy) is 1. The van der Waals surface area contributed by atoms with Crippen molar-refractivity contribution in [1.82, 2.24) is 19.8 Å². The third-order valence-electron chi connectivity index (χ3n) is 4.13. The second kappa shape index (κ2) is 6.03. The van der Waals surface area contributed by atoms with Gasteiger partial charge in [0.2, 0.25) is 0 Å². The average Bonchev–Trinajstić information content (AvgIpc) is 2.50. The van der Waals surface area contributed by atoms with Crippen LogP contribution in [0.1, 0.15) is 18.2 Å². The van der Waals surface area contributed by atoms with Gasteiger partial charge in [0.25, 0.3) is 5.56 Å². The first-order valence-electron chi connectivity index (χ1n) is 7.39. The summed E-state index contributed by atoms with van der Waals surface area (Å²) in [5.41, 5.74) is 1.88. The van der Waals surface area contributed by atoms with E-state index in [1.54, 1.807) is 10.9 Å². The lowest BCUT2D eigenvalue weighted by atomic mass is 10.1. The SMILES string of the molecule is CCN1CCOC(Cn2cnc3c(c2=O)CCNC3)C1. The molecule has 0 aromatic carbocycles. The molecule has 1 unspecified atom stereocenters. The highest BCUT2D eigenvalue weighted by atomic mass is 16.5. The molecule has 0 spiro atoms. The standard InChI is InChI=1S/C14H22N4O2/c1-2-17-5-6-20-11(8-17)9-18-10-16-13-7-15-4-3-12(13)14(18)19/h10-11,15H,2-9H2,1H3. The molecular formula is C14H22N4O2. The van der Waals surface area contributed by atoms with Crippen LogP contribution in [0.15, 0.2) is 11.1 Å². The summed E-state index contributed by atoms with van der Waals surface area (Å²) in [4.78, 5) is 19.2. The zero-order valence-electron chi connectivity index (χ0n) is 12.0. The first kappa shape index (κ1) is 13.7. The second-order valence-electron chi connectivity index (χ2n) is 5.44. The van der Waals surface area contributed by atoms with Crippen molar-refractivity contribution >= 4 is 0 Å². The fourth-order valence-corrected chi connectivity index (χ4v) is 2.92. The zero-order chi connectivity index (χ0) is 13.9. The van der Waals surface area contributed by atoms with Crippen molar-refractivity contribution in [3.05, 3.63) is 27.9 Å². The molecule has 3 heterocycles. The number of likely N-dealkylation sites (N-methyl/N-ethyl adjacent to an activating group) is 1. The van der Waals surface area contributed by atoms with Gasteiger partial charge in [-0.3, -0.25) is 14.3 Å². The van der Waals surface area contributed by atoms with Crippen molar-refractivity contribution in [2.24, 2.45) is 0 Å². The number of hydrogen-bond donors (Lipinski definition) is 1. The van der Waals surface area contributed by atoms with Crippen LogP contribution in [0.3, 0.4) is 0 Å². The summed E-state index contributed by atoms with van der Waals surface area (Å²) in [6.45, 7) is 7.97. The molecule has 0 saturated carbocycles. The van der Waals surface area contributed by atoms with Crippen LogP contribution in [0.5, 0.6) is 0 Å². The molecule has 2 aliphatic rings. The molecule has 0 bridgehead atoms. The van der Waals surface area contributed by atoms with E-state index in [2.05, 4.69) is 22.1 Å². The number of hydrogen-bond acceptors (Lipinski definition) is 5. The van der Waals surface area contributed by atoms with Crippen LogP contribution in [0, 0.1) is 0 Å². The van der Waals surface area contributed by atoms with Crippen molar-refractivity contribution < 1.29 is 4.74 Å². The Morgan fingerprint density at radius 2 is 2.45 bits per heavy atom. The van der Waals surface area contributed by atoms with Crippen LogP contribution in [-0.2, 0) is 24.2 Å². The molecule has 0 amide bonds. The molecule has 1 saturated heterocycles. The zero-order valence-corrected chi connectivity index (χ0v) is 12.0. The maximum absolute atomic E-state index is 12.5. The Bertz CT molecular complexity index is 528. The highest BCUT2D eigenvalue weighted by Crippen LogP contribution is 2.09. The smallest absolute Gasteiger partial charge is 0.256 e. The van der Waals surface area contributed by atoms with Crippen molar-refractivity contribution in [2.75, 3.05) is 32.8 Å². The van der Waals surface area contributed by atoms with Gasteiger partial charge in [-0.25, -0.2) is 4.98 Å². The van der Waals surface area contributed by atoms with E-state index in [0.29, 0.717) is 13.1 Å². The molecule has 0 aliphatic carbocycles. The lowest BCUT2D eigenvalue weighted by Gasteiger charge is -2.32. The van der Waals surface area contributed by atoms with Gasteiger partial charge in [0.05, 0.1) is 31.3 Å². The molecule has 0 radical (unpaired) electrons. The molecule has 6 heteroatoms. The third-order valence-corrected chi connectivity index (χ3v) is 4.13. The minimum absolute atomic E-state index is 0.0861. The van der Waals surface area contributed by atoms with Crippen molar-refractivity contribution in [2.45, 2.75) is 32.5 Å². The Balaban J connectivity index is 1.76. The Kier molecular flexibility index (Phi) is 4.14. The van der Waals surface area contributed by atoms with Crippen LogP contribution in [0.25, 0.3) is 0 Å². The Labute approximate surface area is 118 Å². The van der Waals surface area contributed by atoms with Crippen LogP contribution in [0.2, 0.25) is 0 Å². The van der Waals surface area contributed by atoms with Gasteiger partial charge >= 0.3 is 0 Å². The van der Waals surface area contributed by atoms with Gasteiger partial charge in [-0.15, -0.1) is 0 Å². The molecule has 1 fully saturated rings. The predicted octanol–water partition coefficient (Wildman–Crippen LogP) is -0.390. The number of rotatable bonds is 3. The van der Waals surface area contributed by atoms with E-state index in [4.69, 9.17) is 4.74 Å². The maximum Gasteiger partial charge on any atom is 0.256 e. The minimum atomic E-state index is 0.0861. The van der Waals surface area contributed by atoms with Crippen molar-refractivity contribution in [3.8, 4) is 0 Å². The van der Waals surface area contributed by atoms with E-state index in [-0.39, 0.29) is 11.7 Å². The second-order valence-corrected chi connectivity index (χ2v) is 5.44. The summed E-state index contributed by atoms with van der Waals surface area (Å²) < 4.78 is 7.49. The predicted molar refractivity (Wildman–Crippen MR) is 75.8 cm³/mol. The first-order valence-corrected chi connectivity index (χ1v) is 7.39. The van der Waals surface area contributed by atoms with Gasteiger partial charge in [0.1, 0.15) is 0 Å². The van der Waals surface area contributed by atoms with Gasteiger partial charge in [-0.2, -0.15) is 0 Å². The fraction of sp³-hybridized carbons (Fsp3) is 0.714. The molecule has 1 aromatic heterocycles. The van der Waals surface area contributed by atoms with Crippen LogP contribution in [0.4, 0.5) is 0 Å². The van der Waals surface area contributed by atoms with E-state index in [0.717, 1.165) is 50.5 Å². The number of fused-ring (bicyclic) bond motifs is 1. The number of nitrogens with zero attached hydrogens (tertiary/aromatic N) is 3. The van der Waals surface area contributed by atoms with E-state index in [1.807, 2.05) is 0 Å². The van der Waals surface area contributed by atoms with E-state index < -0.39 is 0 Å². The summed E-state index contributed by atoms with van der Waals surface area (Å²) >= 11 is 0.